The average molecular weight is 479 g/mol. The molecule has 174 valence electrons. The molecular formula is C25H23ClN4O4. The van der Waals surface area contributed by atoms with Crippen molar-refractivity contribution in [2.75, 3.05) is 24.9 Å². The van der Waals surface area contributed by atoms with Crippen LogP contribution in [0.4, 0.5) is 11.4 Å². The number of methoxy groups -OCH3 is 2. The molecule has 0 aliphatic rings. The van der Waals surface area contributed by atoms with E-state index in [4.69, 9.17) is 21.1 Å². The van der Waals surface area contributed by atoms with Crippen molar-refractivity contribution in [3.05, 3.63) is 82.9 Å². The zero-order chi connectivity index (χ0) is 24.2. The molecule has 2 heterocycles. The average Bonchev–Trinajstić information content (AvgIpc) is 3.25. The van der Waals surface area contributed by atoms with Gasteiger partial charge in [0.15, 0.2) is 5.69 Å². The molecule has 8 nitrogen and oxygen atoms in total. The quantitative estimate of drug-likeness (QED) is 0.386. The number of fused-ring (bicyclic) bond motifs is 1. The van der Waals surface area contributed by atoms with Gasteiger partial charge in [0, 0.05) is 24.0 Å². The lowest BCUT2D eigenvalue weighted by Gasteiger charge is -2.12. The Labute approximate surface area is 201 Å². The number of pyridine rings is 1. The maximum absolute atomic E-state index is 13.2. The number of para-hydroxylation sites is 1. The zero-order valence-electron chi connectivity index (χ0n) is 18.9. The number of aryl methyl sites for hydroxylation is 1. The van der Waals surface area contributed by atoms with Crippen LogP contribution in [-0.2, 0) is 6.42 Å². The molecule has 0 saturated carbocycles. The maximum atomic E-state index is 13.2. The molecule has 34 heavy (non-hydrogen) atoms. The van der Waals surface area contributed by atoms with Crippen LogP contribution in [0.2, 0.25) is 5.02 Å². The van der Waals surface area contributed by atoms with Gasteiger partial charge in [0.2, 0.25) is 5.82 Å². The largest absolute Gasteiger partial charge is 0.495 e. The number of halogens is 1. The van der Waals surface area contributed by atoms with E-state index >= 15 is 0 Å². The predicted octanol–water partition coefficient (Wildman–Crippen LogP) is 5.07. The summed E-state index contributed by atoms with van der Waals surface area (Å²) < 4.78 is 12.2. The van der Waals surface area contributed by atoms with Gasteiger partial charge in [-0.05, 0) is 30.2 Å². The number of rotatable bonds is 7. The summed E-state index contributed by atoms with van der Waals surface area (Å²) in [6, 6.07) is 15.9. The van der Waals surface area contributed by atoms with Gasteiger partial charge in [-0.2, -0.15) is 0 Å². The van der Waals surface area contributed by atoms with Crippen molar-refractivity contribution in [2.24, 2.45) is 0 Å². The molecule has 4 aromatic rings. The van der Waals surface area contributed by atoms with Crippen LogP contribution in [0, 0.1) is 0 Å². The first-order chi connectivity index (χ1) is 16.5. The Balaban J connectivity index is 1.70. The van der Waals surface area contributed by atoms with Gasteiger partial charge in [0.1, 0.15) is 11.5 Å². The number of hydrogen-bond acceptors (Lipinski definition) is 5. The second-order valence-electron chi connectivity index (χ2n) is 7.35. The minimum Gasteiger partial charge on any atom is -0.495 e. The Morgan fingerprint density at radius 3 is 2.38 bits per heavy atom. The summed E-state index contributed by atoms with van der Waals surface area (Å²) in [5.41, 5.74) is 2.62. The van der Waals surface area contributed by atoms with E-state index in [9.17, 15) is 9.59 Å². The third kappa shape index (κ3) is 4.40. The van der Waals surface area contributed by atoms with Crippen molar-refractivity contribution < 1.29 is 19.1 Å². The van der Waals surface area contributed by atoms with Crippen LogP contribution in [0.15, 0.2) is 60.8 Å². The van der Waals surface area contributed by atoms with Gasteiger partial charge in [-0.1, -0.05) is 42.8 Å². The standard InChI is InChI=1S/C25H23ClN4O4/c1-4-15-9-5-6-10-17(15)27-25(32)23-29-22(19-11-7-8-12-30(19)23)24(31)28-18-14-20(33-2)16(26)13-21(18)34-3/h5-14H,4H2,1-3H3,(H,27,32)(H,28,31). The SMILES string of the molecule is CCc1ccccc1NC(=O)c1nc(C(=O)Nc2cc(OC)c(Cl)cc2OC)c2ccccn12. The number of aromatic nitrogens is 2. The van der Waals surface area contributed by atoms with Crippen LogP contribution in [0.5, 0.6) is 11.5 Å². The van der Waals surface area contributed by atoms with Crippen LogP contribution in [0.1, 0.15) is 33.6 Å². The second kappa shape index (κ2) is 9.84. The van der Waals surface area contributed by atoms with Crippen molar-refractivity contribution in [3.8, 4) is 11.5 Å². The van der Waals surface area contributed by atoms with Crippen molar-refractivity contribution in [1.29, 1.82) is 0 Å². The van der Waals surface area contributed by atoms with Crippen LogP contribution in [0.3, 0.4) is 0 Å². The molecule has 2 N–H and O–H groups in total. The van der Waals surface area contributed by atoms with E-state index < -0.39 is 11.8 Å². The zero-order valence-corrected chi connectivity index (χ0v) is 19.6. The van der Waals surface area contributed by atoms with Gasteiger partial charge in [0.25, 0.3) is 11.8 Å². The molecule has 0 aliphatic carbocycles. The van der Waals surface area contributed by atoms with Crippen LogP contribution in [0.25, 0.3) is 5.52 Å². The lowest BCUT2D eigenvalue weighted by Crippen LogP contribution is -2.17. The third-order valence-corrected chi connectivity index (χ3v) is 5.63. The first-order valence-corrected chi connectivity index (χ1v) is 10.9. The fraction of sp³-hybridized carbons (Fsp3) is 0.160. The van der Waals surface area contributed by atoms with Crippen LogP contribution >= 0.6 is 11.6 Å². The van der Waals surface area contributed by atoms with Crippen molar-refractivity contribution in [3.63, 3.8) is 0 Å². The molecule has 4 rings (SSSR count). The molecule has 0 aliphatic heterocycles. The van der Waals surface area contributed by atoms with E-state index in [1.807, 2.05) is 31.2 Å². The van der Waals surface area contributed by atoms with E-state index in [0.717, 1.165) is 12.0 Å². The Hall–Kier alpha value is -4.04. The number of nitrogens with one attached hydrogen (secondary N) is 2. The minimum atomic E-state index is -0.514. The smallest absolute Gasteiger partial charge is 0.292 e. The highest BCUT2D eigenvalue weighted by molar-refractivity contribution is 6.32. The van der Waals surface area contributed by atoms with E-state index in [2.05, 4.69) is 15.6 Å². The van der Waals surface area contributed by atoms with E-state index in [-0.39, 0.29) is 11.5 Å². The first kappa shape index (κ1) is 23.1. The van der Waals surface area contributed by atoms with E-state index in [1.165, 1.54) is 14.2 Å². The number of nitrogens with zero attached hydrogens (tertiary/aromatic N) is 2. The molecule has 9 heteroatoms. The fourth-order valence-electron chi connectivity index (χ4n) is 3.63. The summed E-state index contributed by atoms with van der Waals surface area (Å²) in [6.45, 7) is 2.01. The number of carbonyl (C=O) groups is 2. The Morgan fingerprint density at radius 2 is 1.65 bits per heavy atom. The Morgan fingerprint density at radius 1 is 0.941 bits per heavy atom. The summed E-state index contributed by atoms with van der Waals surface area (Å²) in [5.74, 6) is -0.113. The van der Waals surface area contributed by atoms with Crippen LogP contribution < -0.4 is 20.1 Å². The molecule has 0 spiro atoms. The number of ether oxygens (including phenoxy) is 2. The third-order valence-electron chi connectivity index (χ3n) is 5.34. The summed E-state index contributed by atoms with van der Waals surface area (Å²) in [5, 5.41) is 6.03. The summed E-state index contributed by atoms with van der Waals surface area (Å²) in [4.78, 5) is 30.8. The van der Waals surface area contributed by atoms with Crippen molar-refractivity contribution in [2.45, 2.75) is 13.3 Å². The minimum absolute atomic E-state index is 0.0884. The molecule has 2 aromatic carbocycles. The normalized spacial score (nSPS) is 10.7. The second-order valence-corrected chi connectivity index (χ2v) is 7.75. The Bertz CT molecular complexity index is 1380. The first-order valence-electron chi connectivity index (χ1n) is 10.6. The molecule has 2 amide bonds. The van der Waals surface area contributed by atoms with Gasteiger partial charge in [0.05, 0.1) is 30.4 Å². The van der Waals surface area contributed by atoms with Gasteiger partial charge in [-0.15, -0.1) is 0 Å². The number of benzene rings is 2. The van der Waals surface area contributed by atoms with Crippen molar-refractivity contribution >= 4 is 40.3 Å². The number of imidazole rings is 1. The maximum Gasteiger partial charge on any atom is 0.292 e. The Kier molecular flexibility index (Phi) is 6.70. The number of carbonyl (C=O) groups excluding carboxylic acids is 2. The predicted molar refractivity (Wildman–Crippen MR) is 131 cm³/mol. The highest BCUT2D eigenvalue weighted by Gasteiger charge is 2.23. The number of hydrogen-bond donors (Lipinski definition) is 2. The molecule has 0 saturated heterocycles. The summed E-state index contributed by atoms with van der Waals surface area (Å²) in [7, 11) is 2.94. The van der Waals surface area contributed by atoms with Crippen LogP contribution in [-0.4, -0.2) is 35.4 Å². The van der Waals surface area contributed by atoms with Gasteiger partial charge in [-0.3, -0.25) is 14.0 Å². The fourth-order valence-corrected chi connectivity index (χ4v) is 3.86. The van der Waals surface area contributed by atoms with E-state index in [0.29, 0.717) is 33.4 Å². The monoisotopic (exact) mass is 478 g/mol. The number of anilines is 2. The molecule has 0 bridgehead atoms. The highest BCUT2D eigenvalue weighted by Crippen LogP contribution is 2.36. The molecule has 2 aromatic heterocycles. The molecule has 0 atom stereocenters. The van der Waals surface area contributed by atoms with Crippen molar-refractivity contribution in [1.82, 2.24) is 9.38 Å². The molecule has 0 radical (unpaired) electrons. The molecule has 0 fully saturated rings. The molecule has 0 unspecified atom stereocenters. The lowest BCUT2D eigenvalue weighted by molar-refractivity contribution is 0.101. The topological polar surface area (TPSA) is 94.0 Å². The summed E-state index contributed by atoms with van der Waals surface area (Å²) >= 11 is 6.16. The molecular weight excluding hydrogens is 456 g/mol. The number of amides is 2. The summed E-state index contributed by atoms with van der Waals surface area (Å²) in [6.07, 6.45) is 2.45. The van der Waals surface area contributed by atoms with E-state index in [1.54, 1.807) is 40.9 Å². The van der Waals surface area contributed by atoms with Gasteiger partial charge < -0.3 is 20.1 Å². The lowest BCUT2D eigenvalue weighted by atomic mass is 10.1. The highest BCUT2D eigenvalue weighted by atomic mass is 35.5. The van der Waals surface area contributed by atoms with Gasteiger partial charge in [-0.25, -0.2) is 4.98 Å². The van der Waals surface area contributed by atoms with Gasteiger partial charge >= 0.3 is 0 Å².